The minimum Gasteiger partial charge on any atom is -0.387 e. The van der Waals surface area contributed by atoms with Crippen LogP contribution in [0.3, 0.4) is 0 Å². The molecule has 3 nitrogen and oxygen atoms in total. The van der Waals surface area contributed by atoms with Gasteiger partial charge in [0.2, 0.25) is 0 Å². The number of nitrogens with zero attached hydrogens (tertiary/aromatic N) is 2. The average molecular weight is 183 g/mol. The van der Waals surface area contributed by atoms with Crippen LogP contribution in [-0.2, 0) is 10.7 Å². The highest BCUT2D eigenvalue weighted by atomic mass is 32.2. The number of hydrogen-bond acceptors (Lipinski definition) is 3. The van der Waals surface area contributed by atoms with Crippen molar-refractivity contribution in [3.05, 3.63) is 18.3 Å². The van der Waals surface area contributed by atoms with Gasteiger partial charge in [0.25, 0.3) is 0 Å². The van der Waals surface area contributed by atoms with Crippen molar-refractivity contribution in [1.82, 2.24) is 4.98 Å². The topological polar surface area (TPSA) is 37.3 Å². The van der Waals surface area contributed by atoms with Gasteiger partial charge in [0.15, 0.2) is 5.82 Å². The summed E-state index contributed by atoms with van der Waals surface area (Å²) in [7, 11) is 1.94. The summed E-state index contributed by atoms with van der Waals surface area (Å²) >= 11 is 0. The maximum atomic E-state index is 4.32. The largest absolute Gasteiger partial charge is 0.387 e. The second-order valence-corrected chi connectivity index (χ2v) is 4.25. The summed E-state index contributed by atoms with van der Waals surface area (Å²) in [6.45, 7) is 0. The zero-order chi connectivity index (χ0) is 8.97. The highest BCUT2D eigenvalue weighted by Gasteiger charge is 1.90. The molecule has 0 aliphatic heterocycles. The zero-order valence-electron chi connectivity index (χ0n) is 7.53. The molecule has 4 heteroatoms. The molecule has 1 aromatic rings. The number of nitrogens with one attached hydrogen (secondary N) is 1. The molecule has 0 bridgehead atoms. The molecule has 0 aliphatic carbocycles. The smallest absolute Gasteiger partial charge is 0.158 e. The van der Waals surface area contributed by atoms with E-state index in [1.165, 1.54) is 0 Å². The van der Waals surface area contributed by atoms with Crippen LogP contribution in [0.5, 0.6) is 0 Å². The predicted molar refractivity (Wildman–Crippen MR) is 55.1 cm³/mol. The van der Waals surface area contributed by atoms with Crippen molar-refractivity contribution < 1.29 is 0 Å². The Morgan fingerprint density at radius 1 is 1.42 bits per heavy atom. The van der Waals surface area contributed by atoms with E-state index in [1.807, 2.05) is 19.2 Å². The van der Waals surface area contributed by atoms with Crippen LogP contribution in [0, 0.1) is 0 Å². The van der Waals surface area contributed by atoms with Crippen molar-refractivity contribution in [3.63, 3.8) is 0 Å². The minimum absolute atomic E-state index is 0.0670. The van der Waals surface area contributed by atoms with E-state index in [-0.39, 0.29) is 10.7 Å². The third-order valence-electron chi connectivity index (χ3n) is 1.31. The minimum atomic E-state index is 0.0670. The Morgan fingerprint density at radius 3 is 2.58 bits per heavy atom. The van der Waals surface area contributed by atoms with E-state index in [0.29, 0.717) is 0 Å². The third-order valence-corrected chi connectivity index (χ3v) is 1.86. The summed E-state index contributed by atoms with van der Waals surface area (Å²) in [5, 5.41) is 3.01. The summed E-state index contributed by atoms with van der Waals surface area (Å²) in [5.74, 6) is 0.808. The molecule has 0 aromatic carbocycles. The van der Waals surface area contributed by atoms with Crippen LogP contribution < -0.4 is 5.32 Å². The van der Waals surface area contributed by atoms with Crippen molar-refractivity contribution in [3.8, 4) is 0 Å². The Kier molecular flexibility index (Phi) is 3.22. The first kappa shape index (κ1) is 9.19. The Balaban J connectivity index is 2.85. The van der Waals surface area contributed by atoms with Crippen molar-refractivity contribution >= 4 is 22.2 Å². The van der Waals surface area contributed by atoms with Gasteiger partial charge in [-0.3, -0.25) is 0 Å². The van der Waals surface area contributed by atoms with Gasteiger partial charge in [-0.15, -0.1) is 0 Å². The van der Waals surface area contributed by atoms with E-state index in [9.17, 15) is 0 Å². The summed E-state index contributed by atoms with van der Waals surface area (Å²) in [4.78, 5) is 4.17. The molecule has 0 fully saturated rings. The first-order valence-electron chi connectivity index (χ1n) is 3.65. The summed E-state index contributed by atoms with van der Waals surface area (Å²) < 4.78 is 4.32. The molecule has 0 spiro atoms. The molecule has 0 aliphatic rings. The molecule has 1 aromatic heterocycles. The maximum absolute atomic E-state index is 4.32. The van der Waals surface area contributed by atoms with Gasteiger partial charge in [-0.05, 0) is 24.6 Å². The second kappa shape index (κ2) is 4.21. The van der Waals surface area contributed by atoms with Gasteiger partial charge < -0.3 is 5.32 Å². The molecular formula is C8H13N3S. The van der Waals surface area contributed by atoms with Crippen LogP contribution >= 0.6 is 0 Å². The third kappa shape index (κ3) is 2.62. The van der Waals surface area contributed by atoms with E-state index in [4.69, 9.17) is 0 Å². The first-order chi connectivity index (χ1) is 5.72. The Bertz CT molecular complexity index is 275. The van der Waals surface area contributed by atoms with Crippen LogP contribution in [0.15, 0.2) is 22.7 Å². The van der Waals surface area contributed by atoms with Gasteiger partial charge in [0.05, 0.1) is 11.9 Å². The number of anilines is 1. The highest BCUT2D eigenvalue weighted by molar-refractivity contribution is 7.85. The molecule has 0 radical (unpaired) electrons. The van der Waals surface area contributed by atoms with Gasteiger partial charge in [0.1, 0.15) is 0 Å². The van der Waals surface area contributed by atoms with E-state index in [2.05, 4.69) is 27.2 Å². The predicted octanol–water partition coefficient (Wildman–Crippen LogP) is 1.82. The number of aromatic nitrogens is 1. The molecule has 12 heavy (non-hydrogen) atoms. The summed E-state index contributed by atoms with van der Waals surface area (Å²) in [6.07, 6.45) is 5.91. The molecule has 0 amide bonds. The molecule has 1 rings (SSSR count). The van der Waals surface area contributed by atoms with Crippen molar-refractivity contribution in [2.45, 2.75) is 0 Å². The van der Waals surface area contributed by atoms with Gasteiger partial charge >= 0.3 is 0 Å². The molecule has 0 atom stereocenters. The fourth-order valence-electron chi connectivity index (χ4n) is 0.775. The van der Waals surface area contributed by atoms with E-state index >= 15 is 0 Å². The Labute approximate surface area is 75.3 Å². The molecule has 1 heterocycles. The highest BCUT2D eigenvalue weighted by Crippen LogP contribution is 2.11. The van der Waals surface area contributed by atoms with Crippen LogP contribution in [0.4, 0.5) is 11.5 Å². The van der Waals surface area contributed by atoms with E-state index < -0.39 is 0 Å². The monoisotopic (exact) mass is 183 g/mol. The number of rotatable bonds is 2. The average Bonchev–Trinajstić information content (AvgIpc) is 2.05. The first-order valence-corrected chi connectivity index (χ1v) is 5.65. The number of pyridine rings is 1. The van der Waals surface area contributed by atoms with Gasteiger partial charge in [-0.1, -0.05) is 10.7 Å². The number of hydrogen-bond donors (Lipinski definition) is 1. The lowest BCUT2D eigenvalue weighted by atomic mass is 10.4. The fourth-order valence-corrected chi connectivity index (χ4v) is 1.26. The lowest BCUT2D eigenvalue weighted by molar-refractivity contribution is 1.28. The Hall–Kier alpha value is -0.900. The molecule has 0 saturated heterocycles. The Morgan fingerprint density at radius 2 is 2.17 bits per heavy atom. The van der Waals surface area contributed by atoms with Crippen LogP contribution in [0.1, 0.15) is 0 Å². The van der Waals surface area contributed by atoms with Crippen LogP contribution in [-0.4, -0.2) is 24.5 Å². The van der Waals surface area contributed by atoms with Crippen LogP contribution in [0.2, 0.25) is 0 Å². The second-order valence-electron chi connectivity index (χ2n) is 2.52. The lowest BCUT2D eigenvalue weighted by Gasteiger charge is -1.98. The van der Waals surface area contributed by atoms with Crippen molar-refractivity contribution in [2.24, 2.45) is 4.36 Å². The van der Waals surface area contributed by atoms with Crippen LogP contribution in [0.25, 0.3) is 0 Å². The molecule has 0 saturated carbocycles. The lowest BCUT2D eigenvalue weighted by Crippen LogP contribution is -1.88. The van der Waals surface area contributed by atoms with Crippen molar-refractivity contribution in [1.29, 1.82) is 0 Å². The quantitative estimate of drug-likeness (QED) is 0.759. The zero-order valence-corrected chi connectivity index (χ0v) is 8.35. The summed E-state index contributed by atoms with van der Waals surface area (Å²) in [6, 6.07) is 3.89. The molecular weight excluding hydrogens is 170 g/mol. The van der Waals surface area contributed by atoms with E-state index in [0.717, 1.165) is 11.5 Å². The van der Waals surface area contributed by atoms with E-state index in [1.54, 1.807) is 6.20 Å². The molecule has 0 unspecified atom stereocenters. The van der Waals surface area contributed by atoms with Crippen molar-refractivity contribution in [2.75, 3.05) is 24.9 Å². The van der Waals surface area contributed by atoms with Gasteiger partial charge in [0, 0.05) is 7.05 Å². The standard InChI is InChI=1S/C8H13N3S/c1-9-7-4-5-8(10-6-7)11-12(2)3/h4-6,9H,1-3H3. The summed E-state index contributed by atoms with van der Waals surface area (Å²) in [5.41, 5.74) is 1.01. The molecule has 66 valence electrons. The van der Waals surface area contributed by atoms with Gasteiger partial charge in [-0.25, -0.2) is 9.35 Å². The molecule has 1 N–H and O–H groups in total. The van der Waals surface area contributed by atoms with Gasteiger partial charge in [-0.2, -0.15) is 0 Å². The fraction of sp³-hybridized carbons (Fsp3) is 0.375. The normalized spacial score (nSPS) is 10.0. The maximum Gasteiger partial charge on any atom is 0.158 e. The SMILES string of the molecule is CNc1ccc(N=S(C)C)nc1.